The molecule has 0 heterocycles. The van der Waals surface area contributed by atoms with Crippen molar-refractivity contribution in [3.05, 3.63) is 0 Å². The van der Waals surface area contributed by atoms with Crippen LogP contribution in [0.2, 0.25) is 0 Å². The van der Waals surface area contributed by atoms with Crippen LogP contribution in [0.4, 0.5) is 0 Å². The Labute approximate surface area is 101 Å². The SMILES string of the molecule is CCCCSC(C)C(=O)N(C)CCC(=O)O. The number of thioether (sulfide) groups is 1. The Bertz CT molecular complexity index is 233. The van der Waals surface area contributed by atoms with E-state index in [2.05, 4.69) is 6.92 Å². The van der Waals surface area contributed by atoms with Crippen molar-refractivity contribution in [2.45, 2.75) is 38.4 Å². The number of hydrogen-bond acceptors (Lipinski definition) is 3. The number of rotatable bonds is 8. The molecule has 0 saturated heterocycles. The van der Waals surface area contributed by atoms with E-state index in [9.17, 15) is 9.59 Å². The molecule has 0 aliphatic rings. The van der Waals surface area contributed by atoms with Gasteiger partial charge in [0.05, 0.1) is 11.7 Å². The van der Waals surface area contributed by atoms with Gasteiger partial charge < -0.3 is 10.0 Å². The molecule has 1 N–H and O–H groups in total. The van der Waals surface area contributed by atoms with Crippen molar-refractivity contribution in [1.29, 1.82) is 0 Å². The summed E-state index contributed by atoms with van der Waals surface area (Å²) in [7, 11) is 1.65. The first-order valence-corrected chi connectivity index (χ1v) is 6.62. The number of carbonyl (C=O) groups is 2. The van der Waals surface area contributed by atoms with Crippen molar-refractivity contribution in [3.8, 4) is 0 Å². The summed E-state index contributed by atoms with van der Waals surface area (Å²) in [5.74, 6) is 0.129. The number of amides is 1. The number of aliphatic carboxylic acids is 1. The van der Waals surface area contributed by atoms with Gasteiger partial charge in [-0.2, -0.15) is 0 Å². The van der Waals surface area contributed by atoms with Crippen LogP contribution in [0.5, 0.6) is 0 Å². The molecule has 1 amide bonds. The summed E-state index contributed by atoms with van der Waals surface area (Å²) in [4.78, 5) is 23.6. The van der Waals surface area contributed by atoms with Crippen LogP contribution in [-0.4, -0.2) is 46.5 Å². The Balaban J connectivity index is 3.86. The van der Waals surface area contributed by atoms with Crippen LogP contribution >= 0.6 is 11.8 Å². The molecule has 0 aliphatic heterocycles. The number of carboxylic acids is 1. The number of unbranched alkanes of at least 4 members (excludes halogenated alkanes) is 1. The van der Waals surface area contributed by atoms with Crippen LogP contribution in [0.25, 0.3) is 0 Å². The lowest BCUT2D eigenvalue weighted by molar-refractivity contribution is -0.138. The quantitative estimate of drug-likeness (QED) is 0.665. The molecule has 0 aromatic heterocycles. The van der Waals surface area contributed by atoms with E-state index in [4.69, 9.17) is 5.11 Å². The number of nitrogens with zero attached hydrogens (tertiary/aromatic N) is 1. The first-order valence-electron chi connectivity index (χ1n) is 5.57. The van der Waals surface area contributed by atoms with Gasteiger partial charge in [-0.25, -0.2) is 0 Å². The minimum atomic E-state index is -0.870. The van der Waals surface area contributed by atoms with Crippen molar-refractivity contribution in [2.24, 2.45) is 0 Å². The fraction of sp³-hybridized carbons (Fsp3) is 0.818. The molecule has 0 saturated carbocycles. The molecule has 0 rings (SSSR count). The monoisotopic (exact) mass is 247 g/mol. The first-order chi connectivity index (χ1) is 7.49. The second-order valence-corrected chi connectivity index (χ2v) is 5.22. The molecule has 0 fully saturated rings. The topological polar surface area (TPSA) is 57.6 Å². The van der Waals surface area contributed by atoms with Crippen LogP contribution in [-0.2, 0) is 9.59 Å². The van der Waals surface area contributed by atoms with Crippen molar-refractivity contribution < 1.29 is 14.7 Å². The largest absolute Gasteiger partial charge is 0.481 e. The molecule has 1 atom stereocenters. The fourth-order valence-electron chi connectivity index (χ4n) is 1.16. The van der Waals surface area contributed by atoms with E-state index in [1.165, 1.54) is 4.90 Å². The van der Waals surface area contributed by atoms with Crippen LogP contribution in [0.15, 0.2) is 0 Å². The highest BCUT2D eigenvalue weighted by Crippen LogP contribution is 2.14. The third kappa shape index (κ3) is 6.71. The summed E-state index contributed by atoms with van der Waals surface area (Å²) < 4.78 is 0. The molecular formula is C11H21NO3S. The van der Waals surface area contributed by atoms with Crippen LogP contribution in [0.1, 0.15) is 33.1 Å². The lowest BCUT2D eigenvalue weighted by Gasteiger charge is -2.20. The molecule has 4 nitrogen and oxygen atoms in total. The van der Waals surface area contributed by atoms with E-state index in [1.807, 2.05) is 6.92 Å². The number of hydrogen-bond donors (Lipinski definition) is 1. The van der Waals surface area contributed by atoms with Gasteiger partial charge in [-0.05, 0) is 19.1 Å². The van der Waals surface area contributed by atoms with Gasteiger partial charge in [-0.15, -0.1) is 11.8 Å². The average molecular weight is 247 g/mol. The molecule has 1 unspecified atom stereocenters. The minimum absolute atomic E-state index is 0.00852. The molecule has 0 aromatic carbocycles. The predicted octanol–water partition coefficient (Wildman–Crippen LogP) is 1.84. The van der Waals surface area contributed by atoms with Gasteiger partial charge in [0.1, 0.15) is 0 Å². The summed E-state index contributed by atoms with van der Waals surface area (Å²) in [6, 6.07) is 0. The summed E-state index contributed by atoms with van der Waals surface area (Å²) in [5, 5.41) is 8.43. The second-order valence-electron chi connectivity index (χ2n) is 3.77. The molecule has 0 radical (unpaired) electrons. The molecule has 0 aliphatic carbocycles. The smallest absolute Gasteiger partial charge is 0.305 e. The van der Waals surface area contributed by atoms with E-state index >= 15 is 0 Å². The standard InChI is InChI=1S/C11H21NO3S/c1-4-5-8-16-9(2)11(15)12(3)7-6-10(13)14/h9H,4-8H2,1-3H3,(H,13,14). The van der Waals surface area contributed by atoms with Crippen LogP contribution < -0.4 is 0 Å². The average Bonchev–Trinajstić information content (AvgIpc) is 2.24. The van der Waals surface area contributed by atoms with Crippen molar-refractivity contribution in [2.75, 3.05) is 19.3 Å². The van der Waals surface area contributed by atoms with Gasteiger partial charge in [0, 0.05) is 13.6 Å². The van der Waals surface area contributed by atoms with E-state index in [0.29, 0.717) is 0 Å². The number of carbonyl (C=O) groups excluding carboxylic acids is 1. The van der Waals surface area contributed by atoms with Crippen molar-refractivity contribution in [3.63, 3.8) is 0 Å². The van der Waals surface area contributed by atoms with Gasteiger partial charge >= 0.3 is 5.97 Å². The van der Waals surface area contributed by atoms with Crippen molar-refractivity contribution >= 4 is 23.6 Å². The highest BCUT2D eigenvalue weighted by atomic mass is 32.2. The summed E-state index contributed by atoms with van der Waals surface area (Å²) >= 11 is 1.63. The molecular weight excluding hydrogens is 226 g/mol. The summed E-state index contributed by atoms with van der Waals surface area (Å²) in [5.41, 5.74) is 0. The zero-order valence-electron chi connectivity index (χ0n) is 10.2. The zero-order valence-corrected chi connectivity index (χ0v) is 11.0. The lowest BCUT2D eigenvalue weighted by atomic mass is 10.3. The van der Waals surface area contributed by atoms with Gasteiger partial charge in [0.15, 0.2) is 0 Å². The Kier molecular flexibility index (Phi) is 8.07. The predicted molar refractivity (Wildman–Crippen MR) is 66.7 cm³/mol. The van der Waals surface area contributed by atoms with Crippen LogP contribution in [0.3, 0.4) is 0 Å². The molecule has 5 heteroatoms. The summed E-state index contributed by atoms with van der Waals surface area (Å²) in [6.07, 6.45) is 2.25. The fourth-order valence-corrected chi connectivity index (χ4v) is 2.29. The van der Waals surface area contributed by atoms with Crippen molar-refractivity contribution in [1.82, 2.24) is 4.90 Å². The Morgan fingerprint density at radius 3 is 2.56 bits per heavy atom. The maximum absolute atomic E-state index is 11.8. The van der Waals surface area contributed by atoms with Gasteiger partial charge in [0.25, 0.3) is 0 Å². The second kappa shape index (κ2) is 8.44. The Hall–Kier alpha value is -0.710. The number of carboxylic acid groups (broad SMARTS) is 1. The third-order valence-corrected chi connectivity index (χ3v) is 3.48. The molecule has 0 aromatic rings. The maximum atomic E-state index is 11.8. The van der Waals surface area contributed by atoms with E-state index < -0.39 is 5.97 Å². The molecule has 16 heavy (non-hydrogen) atoms. The minimum Gasteiger partial charge on any atom is -0.481 e. The Morgan fingerprint density at radius 1 is 1.44 bits per heavy atom. The summed E-state index contributed by atoms with van der Waals surface area (Å²) in [6.45, 7) is 4.28. The molecule has 94 valence electrons. The first kappa shape index (κ1) is 15.3. The maximum Gasteiger partial charge on any atom is 0.305 e. The van der Waals surface area contributed by atoms with E-state index in [0.717, 1.165) is 18.6 Å². The van der Waals surface area contributed by atoms with Crippen LogP contribution in [0, 0.1) is 0 Å². The lowest BCUT2D eigenvalue weighted by Crippen LogP contribution is -2.34. The van der Waals surface area contributed by atoms with Gasteiger partial charge in [-0.1, -0.05) is 13.3 Å². The zero-order chi connectivity index (χ0) is 12.6. The van der Waals surface area contributed by atoms with E-state index in [-0.39, 0.29) is 24.1 Å². The highest BCUT2D eigenvalue weighted by molar-refractivity contribution is 8.00. The molecule has 0 spiro atoms. The molecule has 0 bridgehead atoms. The van der Waals surface area contributed by atoms with Gasteiger partial charge in [-0.3, -0.25) is 9.59 Å². The normalized spacial score (nSPS) is 12.2. The van der Waals surface area contributed by atoms with Gasteiger partial charge in [0.2, 0.25) is 5.91 Å². The third-order valence-electron chi connectivity index (χ3n) is 2.25. The highest BCUT2D eigenvalue weighted by Gasteiger charge is 2.17. The van der Waals surface area contributed by atoms with E-state index in [1.54, 1.807) is 18.8 Å². The Morgan fingerprint density at radius 2 is 2.06 bits per heavy atom.